The molecular weight excluding hydrogens is 399 g/mol. The van der Waals surface area contributed by atoms with Crippen molar-refractivity contribution in [1.29, 1.82) is 0 Å². The minimum atomic E-state index is 0.0470. The van der Waals surface area contributed by atoms with Gasteiger partial charge in [-0.3, -0.25) is 0 Å². The number of nitrogens with zero attached hydrogens (tertiary/aromatic N) is 5. The fourth-order valence-electron chi connectivity index (χ4n) is 3.53. The molecule has 0 bridgehead atoms. The van der Waals surface area contributed by atoms with Crippen molar-refractivity contribution in [2.24, 2.45) is 0 Å². The van der Waals surface area contributed by atoms with Crippen LogP contribution in [0.5, 0.6) is 0 Å². The maximum atomic E-state index is 6.14. The Kier molecular flexibility index (Phi) is 5.42. The number of hydrogen-bond donors (Lipinski definition) is 1. The molecule has 4 rings (SSSR count). The van der Waals surface area contributed by atoms with Gasteiger partial charge in [-0.25, -0.2) is 0 Å². The fourth-order valence-corrected chi connectivity index (χ4v) is 4.06. The zero-order chi connectivity index (χ0) is 19.7. The Labute approximate surface area is 173 Å². The first-order chi connectivity index (χ1) is 13.5. The SMILES string of the molecule is CN(C)C1(CNc2ccc3nnc(-c4cc(Cl)cc(Cl)c4)n3n2)CCOCC1. The Balaban J connectivity index is 1.62. The first-order valence-corrected chi connectivity index (χ1v) is 9.90. The molecule has 3 heterocycles. The van der Waals surface area contributed by atoms with Gasteiger partial charge in [0.25, 0.3) is 0 Å². The van der Waals surface area contributed by atoms with Gasteiger partial charge in [0.05, 0.1) is 0 Å². The second-order valence-corrected chi connectivity index (χ2v) is 8.13. The van der Waals surface area contributed by atoms with E-state index in [-0.39, 0.29) is 5.54 Å². The summed E-state index contributed by atoms with van der Waals surface area (Å²) in [6.45, 7) is 2.33. The summed E-state index contributed by atoms with van der Waals surface area (Å²) in [5.41, 5.74) is 1.47. The van der Waals surface area contributed by atoms with Crippen molar-refractivity contribution in [2.45, 2.75) is 18.4 Å². The van der Waals surface area contributed by atoms with Gasteiger partial charge >= 0.3 is 0 Å². The number of ether oxygens (including phenoxy) is 1. The number of rotatable bonds is 5. The zero-order valence-electron chi connectivity index (χ0n) is 15.8. The second-order valence-electron chi connectivity index (χ2n) is 7.26. The van der Waals surface area contributed by atoms with Gasteiger partial charge < -0.3 is 15.0 Å². The lowest BCUT2D eigenvalue weighted by molar-refractivity contribution is -0.000672. The largest absolute Gasteiger partial charge is 0.381 e. The predicted octanol–water partition coefficient (Wildman–Crippen LogP) is 3.62. The Morgan fingerprint density at radius 2 is 1.82 bits per heavy atom. The molecule has 28 heavy (non-hydrogen) atoms. The first kappa shape index (κ1) is 19.4. The van der Waals surface area contributed by atoms with Crippen molar-refractivity contribution in [3.05, 3.63) is 40.4 Å². The van der Waals surface area contributed by atoms with Crippen molar-refractivity contribution in [1.82, 2.24) is 24.7 Å². The van der Waals surface area contributed by atoms with Crippen LogP contribution in [0.15, 0.2) is 30.3 Å². The lowest BCUT2D eigenvalue weighted by atomic mass is 9.88. The molecule has 1 aliphatic rings. The monoisotopic (exact) mass is 420 g/mol. The summed E-state index contributed by atoms with van der Waals surface area (Å²) in [5.74, 6) is 1.35. The maximum absolute atomic E-state index is 6.14. The summed E-state index contributed by atoms with van der Waals surface area (Å²) in [6, 6.07) is 9.10. The van der Waals surface area contributed by atoms with E-state index >= 15 is 0 Å². The number of likely N-dealkylation sites (N-methyl/N-ethyl adjacent to an activating group) is 1. The van der Waals surface area contributed by atoms with E-state index in [9.17, 15) is 0 Å². The third-order valence-corrected chi connectivity index (χ3v) is 5.79. The summed E-state index contributed by atoms with van der Waals surface area (Å²) >= 11 is 12.3. The van der Waals surface area contributed by atoms with Crippen molar-refractivity contribution < 1.29 is 4.74 Å². The van der Waals surface area contributed by atoms with Crippen LogP contribution in [0.1, 0.15) is 12.8 Å². The maximum Gasteiger partial charge on any atom is 0.185 e. The quantitative estimate of drug-likeness (QED) is 0.679. The zero-order valence-corrected chi connectivity index (χ0v) is 17.3. The predicted molar refractivity (Wildman–Crippen MR) is 111 cm³/mol. The van der Waals surface area contributed by atoms with E-state index in [0.717, 1.165) is 44.0 Å². The number of fused-ring (bicyclic) bond motifs is 1. The Hall–Kier alpha value is -1.93. The molecule has 0 radical (unpaired) electrons. The van der Waals surface area contributed by atoms with Gasteiger partial charge in [-0.2, -0.15) is 4.52 Å². The minimum absolute atomic E-state index is 0.0470. The van der Waals surface area contributed by atoms with E-state index in [1.807, 2.05) is 12.1 Å². The third kappa shape index (κ3) is 3.80. The van der Waals surface area contributed by atoms with Crippen LogP contribution >= 0.6 is 23.2 Å². The van der Waals surface area contributed by atoms with E-state index in [1.54, 1.807) is 22.7 Å². The summed E-state index contributed by atoms with van der Waals surface area (Å²) in [7, 11) is 4.23. The highest BCUT2D eigenvalue weighted by atomic mass is 35.5. The summed E-state index contributed by atoms with van der Waals surface area (Å²) < 4.78 is 7.25. The molecule has 148 valence electrons. The number of halogens is 2. The molecule has 0 aliphatic carbocycles. The van der Waals surface area contributed by atoms with Gasteiger partial charge in [-0.05, 0) is 57.3 Å². The van der Waals surface area contributed by atoms with Crippen LogP contribution in [0, 0.1) is 0 Å². The van der Waals surface area contributed by atoms with E-state index in [1.165, 1.54) is 0 Å². The third-order valence-electron chi connectivity index (χ3n) is 5.35. The summed E-state index contributed by atoms with van der Waals surface area (Å²) in [6.07, 6.45) is 1.96. The number of nitrogens with one attached hydrogen (secondary N) is 1. The molecule has 3 aromatic rings. The molecule has 2 aromatic heterocycles. The van der Waals surface area contributed by atoms with Crippen molar-refractivity contribution in [3.8, 4) is 11.4 Å². The molecule has 0 spiro atoms. The smallest absolute Gasteiger partial charge is 0.185 e. The molecule has 0 atom stereocenters. The molecule has 1 aromatic carbocycles. The number of aromatic nitrogens is 4. The van der Waals surface area contributed by atoms with Gasteiger partial charge in [0, 0.05) is 40.9 Å². The van der Waals surface area contributed by atoms with Crippen LogP contribution in [0.2, 0.25) is 10.0 Å². The second kappa shape index (κ2) is 7.83. The Bertz CT molecular complexity index is 963. The number of benzene rings is 1. The molecule has 1 N–H and O–H groups in total. The molecule has 9 heteroatoms. The lowest BCUT2D eigenvalue weighted by Gasteiger charge is -2.43. The molecule has 0 amide bonds. The van der Waals surface area contributed by atoms with Gasteiger partial charge in [0.1, 0.15) is 5.82 Å². The average molecular weight is 421 g/mol. The molecule has 1 aliphatic heterocycles. The number of hydrogen-bond acceptors (Lipinski definition) is 6. The molecular formula is C19H22Cl2N6O. The Morgan fingerprint density at radius 3 is 2.50 bits per heavy atom. The highest BCUT2D eigenvalue weighted by molar-refractivity contribution is 6.35. The number of anilines is 1. The van der Waals surface area contributed by atoms with Crippen molar-refractivity contribution in [3.63, 3.8) is 0 Å². The van der Waals surface area contributed by atoms with Gasteiger partial charge in [-0.15, -0.1) is 15.3 Å². The van der Waals surface area contributed by atoms with E-state index in [2.05, 4.69) is 34.5 Å². The van der Waals surface area contributed by atoms with Crippen molar-refractivity contribution >= 4 is 34.7 Å². The molecule has 7 nitrogen and oxygen atoms in total. The van der Waals surface area contributed by atoms with Gasteiger partial charge in [-0.1, -0.05) is 23.2 Å². The van der Waals surface area contributed by atoms with Crippen LogP contribution < -0.4 is 5.32 Å². The van der Waals surface area contributed by atoms with Crippen LogP contribution in [0.3, 0.4) is 0 Å². The van der Waals surface area contributed by atoms with Crippen LogP contribution in [0.4, 0.5) is 5.82 Å². The summed E-state index contributed by atoms with van der Waals surface area (Å²) in [5, 5.41) is 17.7. The highest BCUT2D eigenvalue weighted by Crippen LogP contribution is 2.28. The first-order valence-electron chi connectivity index (χ1n) is 9.15. The van der Waals surface area contributed by atoms with Gasteiger partial charge in [0.15, 0.2) is 11.5 Å². The molecule has 1 saturated heterocycles. The van der Waals surface area contributed by atoms with E-state index in [4.69, 9.17) is 33.0 Å². The van der Waals surface area contributed by atoms with Crippen LogP contribution in [-0.4, -0.2) is 64.1 Å². The average Bonchev–Trinajstić information content (AvgIpc) is 3.09. The van der Waals surface area contributed by atoms with Crippen LogP contribution in [-0.2, 0) is 4.74 Å². The van der Waals surface area contributed by atoms with Gasteiger partial charge in [0.2, 0.25) is 0 Å². The topological polar surface area (TPSA) is 67.6 Å². The van der Waals surface area contributed by atoms with E-state index < -0.39 is 0 Å². The molecule has 1 fully saturated rings. The van der Waals surface area contributed by atoms with E-state index in [0.29, 0.717) is 21.5 Å². The minimum Gasteiger partial charge on any atom is -0.381 e. The molecule has 0 saturated carbocycles. The standard InChI is InChI=1S/C19H22Cl2N6O/c1-26(2)19(5-7-28-8-6-19)12-22-16-3-4-17-23-24-18(27(17)25-16)13-9-14(20)11-15(21)10-13/h3-4,9-11H,5-8,12H2,1-2H3,(H,22,25). The highest BCUT2D eigenvalue weighted by Gasteiger charge is 2.34. The summed E-state index contributed by atoms with van der Waals surface area (Å²) in [4.78, 5) is 2.28. The normalized spacial score (nSPS) is 16.6. The lowest BCUT2D eigenvalue weighted by Crippen LogP contribution is -2.53. The Morgan fingerprint density at radius 1 is 1.11 bits per heavy atom. The van der Waals surface area contributed by atoms with Crippen molar-refractivity contribution in [2.75, 3.05) is 39.2 Å². The van der Waals surface area contributed by atoms with Crippen LogP contribution in [0.25, 0.3) is 17.0 Å². The molecule has 0 unspecified atom stereocenters. The fraction of sp³-hybridized carbons (Fsp3) is 0.421.